The molecule has 0 aliphatic rings. The minimum atomic E-state index is -1.07. The monoisotopic (exact) mass is 506 g/mol. The summed E-state index contributed by atoms with van der Waals surface area (Å²) in [7, 11) is 0. The SMILES string of the molecule is N#Cc1ccc(COc2ccc(/C=C(\Sc3nc4ccccc4o3)C(=O)O)cc2Br)cc1. The third kappa shape index (κ3) is 5.19. The largest absolute Gasteiger partial charge is 0.488 e. The van der Waals surface area contributed by atoms with E-state index in [0.29, 0.717) is 39.1 Å². The number of nitrogens with zero attached hydrogens (tertiary/aromatic N) is 2. The number of benzene rings is 3. The average molecular weight is 507 g/mol. The Hall–Kier alpha value is -3.54. The van der Waals surface area contributed by atoms with Crippen molar-refractivity contribution in [3.8, 4) is 11.8 Å². The van der Waals surface area contributed by atoms with Crippen LogP contribution < -0.4 is 4.74 Å². The first-order valence-corrected chi connectivity index (χ1v) is 11.0. The Morgan fingerprint density at radius 3 is 2.66 bits per heavy atom. The van der Waals surface area contributed by atoms with Crippen molar-refractivity contribution in [2.45, 2.75) is 11.8 Å². The van der Waals surface area contributed by atoms with Gasteiger partial charge < -0.3 is 14.3 Å². The molecule has 0 saturated carbocycles. The highest BCUT2D eigenvalue weighted by Gasteiger charge is 2.15. The van der Waals surface area contributed by atoms with Gasteiger partial charge in [0.05, 0.1) is 16.1 Å². The number of hydrogen-bond donors (Lipinski definition) is 1. The van der Waals surface area contributed by atoms with Crippen LogP contribution in [0.1, 0.15) is 16.7 Å². The number of halogens is 1. The number of thioether (sulfide) groups is 1. The Kier molecular flexibility index (Phi) is 6.59. The van der Waals surface area contributed by atoms with E-state index in [9.17, 15) is 9.90 Å². The van der Waals surface area contributed by atoms with Crippen molar-refractivity contribution in [2.75, 3.05) is 0 Å². The predicted octanol–water partition coefficient (Wildman–Crippen LogP) is 6.26. The fraction of sp³-hybridized carbons (Fsp3) is 0.0417. The maximum absolute atomic E-state index is 11.8. The van der Waals surface area contributed by atoms with E-state index in [2.05, 4.69) is 27.0 Å². The average Bonchev–Trinajstić information content (AvgIpc) is 3.21. The summed E-state index contributed by atoms with van der Waals surface area (Å²) in [5.74, 6) is -0.454. The molecule has 0 unspecified atom stereocenters. The number of fused-ring (bicyclic) bond motifs is 1. The molecule has 1 aromatic heterocycles. The summed E-state index contributed by atoms with van der Waals surface area (Å²) >= 11 is 4.43. The second-order valence-electron chi connectivity index (χ2n) is 6.65. The lowest BCUT2D eigenvalue weighted by Gasteiger charge is -2.09. The minimum absolute atomic E-state index is 0.0784. The van der Waals surface area contributed by atoms with Gasteiger partial charge in [-0.15, -0.1) is 0 Å². The van der Waals surface area contributed by atoms with Crippen molar-refractivity contribution >= 4 is 50.8 Å². The molecule has 4 rings (SSSR count). The second-order valence-corrected chi connectivity index (χ2v) is 8.50. The van der Waals surface area contributed by atoms with Gasteiger partial charge >= 0.3 is 5.97 Å². The third-order valence-electron chi connectivity index (χ3n) is 4.41. The van der Waals surface area contributed by atoms with Crippen LogP contribution >= 0.6 is 27.7 Å². The lowest BCUT2D eigenvalue weighted by Crippen LogP contribution is -1.98. The first-order valence-electron chi connectivity index (χ1n) is 9.41. The van der Waals surface area contributed by atoms with Crippen molar-refractivity contribution < 1.29 is 19.1 Å². The molecule has 4 aromatic rings. The first-order chi connectivity index (χ1) is 15.5. The van der Waals surface area contributed by atoms with E-state index in [1.807, 2.05) is 24.3 Å². The molecule has 0 bridgehead atoms. The van der Waals surface area contributed by atoms with Gasteiger partial charge in [-0.1, -0.05) is 30.3 Å². The van der Waals surface area contributed by atoms with Gasteiger partial charge in [-0.05, 0) is 81.3 Å². The van der Waals surface area contributed by atoms with Crippen LogP contribution in [0.2, 0.25) is 0 Å². The van der Waals surface area contributed by atoms with Crippen LogP contribution in [0.25, 0.3) is 17.2 Å². The normalized spacial score (nSPS) is 11.3. The number of para-hydroxylation sites is 2. The van der Waals surface area contributed by atoms with Crippen LogP contribution in [0.3, 0.4) is 0 Å². The summed E-state index contributed by atoms with van der Waals surface area (Å²) in [6.45, 7) is 0.341. The van der Waals surface area contributed by atoms with Gasteiger partial charge in [-0.3, -0.25) is 0 Å². The molecule has 158 valence electrons. The molecule has 0 radical (unpaired) electrons. The third-order valence-corrected chi connectivity index (χ3v) is 5.89. The Labute approximate surface area is 196 Å². The van der Waals surface area contributed by atoms with Crippen molar-refractivity contribution in [3.05, 3.63) is 92.8 Å². The molecule has 8 heteroatoms. The highest BCUT2D eigenvalue weighted by Crippen LogP contribution is 2.32. The van der Waals surface area contributed by atoms with Crippen molar-refractivity contribution in [1.29, 1.82) is 5.26 Å². The highest BCUT2D eigenvalue weighted by molar-refractivity contribution is 9.10. The lowest BCUT2D eigenvalue weighted by molar-refractivity contribution is -0.131. The molecule has 0 atom stereocenters. The zero-order chi connectivity index (χ0) is 22.5. The number of nitriles is 1. The number of aliphatic carboxylic acids is 1. The van der Waals surface area contributed by atoms with Gasteiger partial charge in [0.15, 0.2) is 5.58 Å². The molecule has 3 aromatic carbocycles. The Morgan fingerprint density at radius 1 is 1.19 bits per heavy atom. The molecular weight excluding hydrogens is 492 g/mol. The maximum atomic E-state index is 11.8. The minimum Gasteiger partial charge on any atom is -0.488 e. The fourth-order valence-electron chi connectivity index (χ4n) is 2.84. The topological polar surface area (TPSA) is 96.4 Å². The maximum Gasteiger partial charge on any atom is 0.342 e. The molecule has 6 nitrogen and oxygen atoms in total. The smallest absolute Gasteiger partial charge is 0.342 e. The number of carboxylic acid groups (broad SMARTS) is 1. The Morgan fingerprint density at radius 2 is 1.97 bits per heavy atom. The molecule has 0 spiro atoms. The zero-order valence-corrected chi connectivity index (χ0v) is 18.9. The Balaban J connectivity index is 1.49. The van der Waals surface area contributed by atoms with Crippen LogP contribution in [-0.2, 0) is 11.4 Å². The van der Waals surface area contributed by atoms with Gasteiger partial charge in [0.25, 0.3) is 5.22 Å². The Bertz CT molecular complexity index is 1320. The molecule has 0 aliphatic carbocycles. The number of ether oxygens (including phenoxy) is 1. The summed E-state index contributed by atoms with van der Waals surface area (Å²) < 4.78 is 12.1. The quantitative estimate of drug-likeness (QED) is 0.233. The predicted molar refractivity (Wildman–Crippen MR) is 125 cm³/mol. The fourth-order valence-corrected chi connectivity index (χ4v) is 4.09. The standard InChI is InChI=1S/C24H15BrN2O4S/c25-18-11-17(9-10-20(18)30-14-16-7-5-15(13-26)6-8-16)12-22(23(28)29)32-24-27-19-3-1-2-4-21(19)31-24/h1-12H,14H2,(H,28,29)/b22-12-. The van der Waals surface area contributed by atoms with E-state index in [1.165, 1.54) is 0 Å². The van der Waals surface area contributed by atoms with Gasteiger partial charge in [-0.25, -0.2) is 9.78 Å². The van der Waals surface area contributed by atoms with Crippen LogP contribution in [0.4, 0.5) is 0 Å². The van der Waals surface area contributed by atoms with Gasteiger partial charge in [0, 0.05) is 0 Å². The van der Waals surface area contributed by atoms with Gasteiger partial charge in [0.2, 0.25) is 0 Å². The zero-order valence-electron chi connectivity index (χ0n) is 16.5. The van der Waals surface area contributed by atoms with Crippen LogP contribution in [0, 0.1) is 11.3 Å². The molecule has 0 saturated heterocycles. The highest BCUT2D eigenvalue weighted by atomic mass is 79.9. The van der Waals surface area contributed by atoms with E-state index in [0.717, 1.165) is 17.3 Å². The molecule has 0 aliphatic heterocycles. The second kappa shape index (κ2) is 9.73. The van der Waals surface area contributed by atoms with E-state index >= 15 is 0 Å². The number of carbonyl (C=O) groups is 1. The number of carboxylic acids is 1. The molecule has 0 fully saturated rings. The lowest BCUT2D eigenvalue weighted by atomic mass is 10.1. The van der Waals surface area contributed by atoms with Crippen LogP contribution in [-0.4, -0.2) is 16.1 Å². The van der Waals surface area contributed by atoms with Gasteiger partial charge in [-0.2, -0.15) is 5.26 Å². The molecule has 1 N–H and O–H groups in total. The summed E-state index contributed by atoms with van der Waals surface area (Å²) in [6.07, 6.45) is 1.55. The summed E-state index contributed by atoms with van der Waals surface area (Å²) in [6, 6.07) is 21.8. The van der Waals surface area contributed by atoms with Crippen LogP contribution in [0.15, 0.2) is 85.7 Å². The van der Waals surface area contributed by atoms with E-state index in [-0.39, 0.29) is 10.1 Å². The molecular formula is C24H15BrN2O4S. The van der Waals surface area contributed by atoms with Gasteiger partial charge in [0.1, 0.15) is 22.8 Å². The van der Waals surface area contributed by atoms with E-state index in [4.69, 9.17) is 14.4 Å². The van der Waals surface area contributed by atoms with Crippen molar-refractivity contribution in [2.24, 2.45) is 0 Å². The van der Waals surface area contributed by atoms with E-state index < -0.39 is 5.97 Å². The van der Waals surface area contributed by atoms with E-state index in [1.54, 1.807) is 48.5 Å². The molecule has 32 heavy (non-hydrogen) atoms. The molecule has 1 heterocycles. The van der Waals surface area contributed by atoms with Crippen molar-refractivity contribution in [1.82, 2.24) is 4.98 Å². The summed E-state index contributed by atoms with van der Waals surface area (Å²) in [5, 5.41) is 18.8. The van der Waals surface area contributed by atoms with Crippen molar-refractivity contribution in [3.63, 3.8) is 0 Å². The van der Waals surface area contributed by atoms with Crippen LogP contribution in [0.5, 0.6) is 5.75 Å². The summed E-state index contributed by atoms with van der Waals surface area (Å²) in [5.41, 5.74) is 3.49. The molecule has 0 amide bonds. The number of aromatic nitrogens is 1. The first kappa shape index (κ1) is 21.7. The summed E-state index contributed by atoms with van der Waals surface area (Å²) in [4.78, 5) is 16.2. The number of rotatable bonds is 7. The number of hydrogen-bond acceptors (Lipinski definition) is 6. The number of oxazole rings is 1.